The van der Waals surface area contributed by atoms with E-state index in [2.05, 4.69) is 0 Å². The summed E-state index contributed by atoms with van der Waals surface area (Å²) in [4.78, 5) is 24.9. The zero-order valence-electron chi connectivity index (χ0n) is 14.8. The molecular formula is C19H23ClO6. The topological polar surface area (TPSA) is 93.1 Å². The summed E-state index contributed by atoms with van der Waals surface area (Å²) in [6.45, 7) is 1.73. The van der Waals surface area contributed by atoms with Crippen molar-refractivity contribution < 1.29 is 29.3 Å². The monoisotopic (exact) mass is 382 g/mol. The van der Waals surface area contributed by atoms with Gasteiger partial charge in [-0.2, -0.15) is 0 Å². The molecule has 1 aromatic carbocycles. The van der Waals surface area contributed by atoms with Gasteiger partial charge < -0.3 is 19.7 Å². The Morgan fingerprint density at radius 2 is 2.00 bits per heavy atom. The second kappa shape index (κ2) is 9.05. The van der Waals surface area contributed by atoms with E-state index in [1.165, 1.54) is 19.3 Å². The van der Waals surface area contributed by atoms with Crippen molar-refractivity contribution in [1.82, 2.24) is 0 Å². The standard InChI is InChI=1S/C19H23ClO6/c1-11-7-8-12(21)5-3-4-6-13(22)9-14-17(19(24)26-11)16(25-2)10-15(23)18(14)20/h4,6,10-12,21,23H,3,5,7-9H2,1-2H3/b6-4+. The Morgan fingerprint density at radius 1 is 1.27 bits per heavy atom. The third-order valence-corrected chi connectivity index (χ3v) is 4.69. The summed E-state index contributed by atoms with van der Waals surface area (Å²) in [5, 5.41) is 19.9. The number of hydrogen-bond donors (Lipinski definition) is 2. The summed E-state index contributed by atoms with van der Waals surface area (Å²) >= 11 is 6.15. The predicted molar refractivity (Wildman–Crippen MR) is 96.9 cm³/mol. The van der Waals surface area contributed by atoms with Crippen LogP contribution in [0.25, 0.3) is 0 Å². The Hall–Kier alpha value is -2.05. The maximum absolute atomic E-state index is 12.7. The van der Waals surface area contributed by atoms with Crippen LogP contribution < -0.4 is 4.74 Å². The van der Waals surface area contributed by atoms with Crippen molar-refractivity contribution >= 4 is 23.4 Å². The molecule has 0 aromatic heterocycles. The normalized spacial score (nSPS) is 23.5. The van der Waals surface area contributed by atoms with Gasteiger partial charge in [0.2, 0.25) is 0 Å². The number of halogens is 1. The van der Waals surface area contributed by atoms with Gasteiger partial charge in [0.1, 0.15) is 17.1 Å². The number of ether oxygens (including phenoxy) is 2. The third-order valence-electron chi connectivity index (χ3n) is 4.27. The van der Waals surface area contributed by atoms with Crippen LogP contribution in [0.15, 0.2) is 18.2 Å². The van der Waals surface area contributed by atoms with Gasteiger partial charge in [0.05, 0.1) is 24.3 Å². The van der Waals surface area contributed by atoms with Crippen LogP contribution in [0.5, 0.6) is 11.5 Å². The van der Waals surface area contributed by atoms with Crippen LogP contribution >= 0.6 is 11.6 Å². The molecule has 0 radical (unpaired) electrons. The zero-order chi connectivity index (χ0) is 19.3. The van der Waals surface area contributed by atoms with Gasteiger partial charge in [0.25, 0.3) is 0 Å². The van der Waals surface area contributed by atoms with Gasteiger partial charge in [-0.3, -0.25) is 4.79 Å². The first-order valence-electron chi connectivity index (χ1n) is 8.50. The van der Waals surface area contributed by atoms with E-state index in [1.807, 2.05) is 0 Å². The zero-order valence-corrected chi connectivity index (χ0v) is 15.6. The van der Waals surface area contributed by atoms with Crippen LogP contribution in [0, 0.1) is 0 Å². The number of phenols is 1. The highest BCUT2D eigenvalue weighted by Crippen LogP contribution is 2.38. The molecule has 1 aliphatic rings. The molecular weight excluding hydrogens is 360 g/mol. The molecule has 1 aliphatic heterocycles. The Balaban J connectivity index is 2.49. The van der Waals surface area contributed by atoms with E-state index in [4.69, 9.17) is 21.1 Å². The summed E-state index contributed by atoms with van der Waals surface area (Å²) in [5.41, 5.74) is 0.203. The van der Waals surface area contributed by atoms with Crippen molar-refractivity contribution in [2.24, 2.45) is 0 Å². The van der Waals surface area contributed by atoms with E-state index < -0.39 is 18.2 Å². The number of methoxy groups -OCH3 is 1. The first-order chi connectivity index (χ1) is 12.3. The fourth-order valence-electron chi connectivity index (χ4n) is 2.83. The minimum Gasteiger partial charge on any atom is -0.506 e. The van der Waals surface area contributed by atoms with E-state index in [9.17, 15) is 19.8 Å². The van der Waals surface area contributed by atoms with Crippen molar-refractivity contribution in [3.05, 3.63) is 34.4 Å². The molecule has 6 nitrogen and oxygen atoms in total. The number of phenolic OH excluding ortho intramolecular Hbond substituents is 1. The van der Waals surface area contributed by atoms with Crippen LogP contribution in [0.2, 0.25) is 5.02 Å². The Labute approximate surface area is 157 Å². The molecule has 2 N–H and O–H groups in total. The number of rotatable bonds is 1. The first kappa shape index (κ1) is 20.3. The number of fused-ring (bicyclic) bond motifs is 1. The SMILES string of the molecule is COc1cc(O)c(Cl)c2c1C(=O)OC(C)CCC(O)CC/C=C/C(=O)C2. The number of carbonyl (C=O) groups excluding carboxylic acids is 2. The predicted octanol–water partition coefficient (Wildman–Crippen LogP) is 3.20. The average molecular weight is 383 g/mol. The van der Waals surface area contributed by atoms with Crippen molar-refractivity contribution in [2.45, 2.75) is 51.2 Å². The van der Waals surface area contributed by atoms with Crippen LogP contribution in [0.4, 0.5) is 0 Å². The number of aromatic hydroxyl groups is 1. The molecule has 7 heteroatoms. The number of allylic oxidation sites excluding steroid dienone is 2. The van der Waals surface area contributed by atoms with Crippen LogP contribution in [0.1, 0.15) is 48.5 Å². The number of benzene rings is 1. The maximum Gasteiger partial charge on any atom is 0.342 e. The fourth-order valence-corrected chi connectivity index (χ4v) is 3.05. The highest BCUT2D eigenvalue weighted by molar-refractivity contribution is 6.33. The van der Waals surface area contributed by atoms with E-state index in [-0.39, 0.29) is 39.9 Å². The Morgan fingerprint density at radius 3 is 2.69 bits per heavy atom. The molecule has 1 heterocycles. The van der Waals surface area contributed by atoms with Crippen LogP contribution in [-0.4, -0.2) is 41.3 Å². The molecule has 0 bridgehead atoms. The number of ketones is 1. The molecule has 2 atom stereocenters. The molecule has 2 rings (SSSR count). The largest absolute Gasteiger partial charge is 0.506 e. The van der Waals surface area contributed by atoms with Gasteiger partial charge >= 0.3 is 5.97 Å². The van der Waals surface area contributed by atoms with Gasteiger partial charge in [-0.05, 0) is 38.7 Å². The molecule has 26 heavy (non-hydrogen) atoms. The Kier molecular flexibility index (Phi) is 7.06. The number of cyclic esters (lactones) is 1. The van der Waals surface area contributed by atoms with E-state index >= 15 is 0 Å². The summed E-state index contributed by atoms with van der Waals surface area (Å²) in [7, 11) is 1.35. The molecule has 0 aliphatic carbocycles. The summed E-state index contributed by atoms with van der Waals surface area (Å²) in [5.74, 6) is -1.16. The van der Waals surface area contributed by atoms with Crippen molar-refractivity contribution in [1.29, 1.82) is 0 Å². The fraction of sp³-hybridized carbons (Fsp3) is 0.474. The minimum atomic E-state index is -0.686. The average Bonchev–Trinajstić information content (AvgIpc) is 2.59. The lowest BCUT2D eigenvalue weighted by atomic mass is 9.99. The van der Waals surface area contributed by atoms with Crippen molar-refractivity contribution in [3.8, 4) is 11.5 Å². The lowest BCUT2D eigenvalue weighted by Gasteiger charge is -2.19. The van der Waals surface area contributed by atoms with Gasteiger partial charge in [-0.1, -0.05) is 17.7 Å². The van der Waals surface area contributed by atoms with E-state index in [0.717, 1.165) is 0 Å². The number of hydrogen-bond acceptors (Lipinski definition) is 6. The van der Waals surface area contributed by atoms with Gasteiger partial charge in [0, 0.05) is 18.1 Å². The number of aliphatic hydroxyl groups is 1. The number of esters is 1. The van der Waals surface area contributed by atoms with Crippen molar-refractivity contribution in [3.63, 3.8) is 0 Å². The molecule has 0 saturated heterocycles. The molecule has 0 amide bonds. The third kappa shape index (κ3) is 4.99. The summed E-state index contributed by atoms with van der Waals surface area (Å²) in [6.07, 6.45) is 4.01. The lowest BCUT2D eigenvalue weighted by molar-refractivity contribution is -0.114. The summed E-state index contributed by atoms with van der Waals surface area (Å²) < 4.78 is 10.6. The highest BCUT2D eigenvalue weighted by Gasteiger charge is 2.26. The molecule has 2 unspecified atom stereocenters. The molecule has 0 spiro atoms. The molecule has 142 valence electrons. The summed E-state index contributed by atoms with van der Waals surface area (Å²) in [6, 6.07) is 1.22. The molecule has 1 aromatic rings. The number of aliphatic hydroxyl groups excluding tert-OH is 1. The first-order valence-corrected chi connectivity index (χ1v) is 8.88. The smallest absolute Gasteiger partial charge is 0.342 e. The maximum atomic E-state index is 12.7. The molecule has 0 fully saturated rings. The van der Waals surface area contributed by atoms with Gasteiger partial charge in [-0.25, -0.2) is 4.79 Å². The second-order valence-electron chi connectivity index (χ2n) is 6.34. The second-order valence-corrected chi connectivity index (χ2v) is 6.71. The quantitative estimate of drug-likeness (QED) is 0.724. The minimum absolute atomic E-state index is 0.0292. The molecule has 0 saturated carbocycles. The van der Waals surface area contributed by atoms with Gasteiger partial charge in [-0.15, -0.1) is 0 Å². The van der Waals surface area contributed by atoms with Crippen molar-refractivity contribution in [2.75, 3.05) is 7.11 Å². The number of carbonyl (C=O) groups is 2. The van der Waals surface area contributed by atoms with E-state index in [1.54, 1.807) is 13.0 Å². The lowest BCUT2D eigenvalue weighted by Crippen LogP contribution is -2.20. The highest BCUT2D eigenvalue weighted by atomic mass is 35.5. The van der Waals surface area contributed by atoms with Crippen LogP contribution in [-0.2, 0) is 16.0 Å². The van der Waals surface area contributed by atoms with Gasteiger partial charge in [0.15, 0.2) is 5.78 Å². The van der Waals surface area contributed by atoms with E-state index in [0.29, 0.717) is 25.7 Å². The Bertz CT molecular complexity index is 712. The van der Waals surface area contributed by atoms with Crippen LogP contribution in [0.3, 0.4) is 0 Å².